The van der Waals surface area contributed by atoms with Crippen molar-refractivity contribution in [3.63, 3.8) is 0 Å². The first-order valence-corrected chi connectivity index (χ1v) is 7.83. The number of Topliss-reactive ketones (excluding diaryl/α,β-unsaturated/α-hetero) is 2. The van der Waals surface area contributed by atoms with Gasteiger partial charge in [-0.05, 0) is 51.1 Å². The van der Waals surface area contributed by atoms with E-state index in [0.29, 0.717) is 22.8 Å². The third-order valence-corrected chi connectivity index (χ3v) is 4.10. The van der Waals surface area contributed by atoms with E-state index in [1.807, 2.05) is 50.1 Å². The van der Waals surface area contributed by atoms with E-state index in [1.54, 1.807) is 0 Å². The van der Waals surface area contributed by atoms with Crippen molar-refractivity contribution in [2.75, 3.05) is 13.6 Å². The maximum atomic E-state index is 12.5. The second-order valence-corrected chi connectivity index (χ2v) is 6.34. The number of nitrogens with one attached hydrogen (secondary N) is 1. The Balaban J connectivity index is 2.08. The molecule has 0 spiro atoms. The number of benzene rings is 1. The highest BCUT2D eigenvalue weighted by atomic mass is 35.5. The fraction of sp³-hybridized carbons (Fsp3) is 0.333. The van der Waals surface area contributed by atoms with Gasteiger partial charge in [0.1, 0.15) is 0 Å². The van der Waals surface area contributed by atoms with Crippen LogP contribution in [0.4, 0.5) is 0 Å². The zero-order chi connectivity index (χ0) is 17.1. The van der Waals surface area contributed by atoms with Crippen LogP contribution in [0, 0.1) is 13.8 Å². The quantitative estimate of drug-likeness (QED) is 0.818. The molecule has 5 heteroatoms. The van der Waals surface area contributed by atoms with Crippen molar-refractivity contribution in [3.05, 3.63) is 57.4 Å². The van der Waals surface area contributed by atoms with Crippen LogP contribution in [0.3, 0.4) is 0 Å². The summed E-state index contributed by atoms with van der Waals surface area (Å²) in [6, 6.07) is 7.57. The number of ketones is 2. The Kier molecular flexibility index (Phi) is 5.39. The molecule has 0 aliphatic carbocycles. The topological polar surface area (TPSA) is 53.2 Å². The molecule has 0 amide bonds. The van der Waals surface area contributed by atoms with Gasteiger partial charge in [0.15, 0.2) is 11.6 Å². The van der Waals surface area contributed by atoms with Crippen molar-refractivity contribution in [1.29, 1.82) is 0 Å². The fourth-order valence-corrected chi connectivity index (χ4v) is 2.96. The molecular weight excluding hydrogens is 312 g/mol. The summed E-state index contributed by atoms with van der Waals surface area (Å²) in [6.07, 6.45) is 0. The molecule has 122 valence electrons. The molecule has 1 aromatic heterocycles. The Bertz CT molecular complexity index is 732. The minimum atomic E-state index is -0.0233. The number of hydrogen-bond acceptors (Lipinski definition) is 3. The Morgan fingerprint density at radius 2 is 1.78 bits per heavy atom. The molecule has 0 aliphatic rings. The van der Waals surface area contributed by atoms with Crippen molar-refractivity contribution in [3.8, 4) is 0 Å². The molecule has 2 rings (SSSR count). The van der Waals surface area contributed by atoms with E-state index in [1.165, 1.54) is 6.92 Å². The molecule has 0 atom stereocenters. The lowest BCUT2D eigenvalue weighted by Gasteiger charge is -2.15. The molecule has 2 aromatic rings. The second kappa shape index (κ2) is 7.11. The number of carbonyl (C=O) groups excluding carboxylic acids is 2. The molecule has 1 N–H and O–H groups in total. The predicted molar refractivity (Wildman–Crippen MR) is 92.4 cm³/mol. The fourth-order valence-electron chi connectivity index (χ4n) is 2.84. The number of rotatable bonds is 6. The molecule has 0 aliphatic heterocycles. The summed E-state index contributed by atoms with van der Waals surface area (Å²) in [5.41, 5.74) is 3.72. The van der Waals surface area contributed by atoms with Crippen LogP contribution in [0.5, 0.6) is 0 Å². The van der Waals surface area contributed by atoms with Crippen molar-refractivity contribution in [1.82, 2.24) is 9.88 Å². The number of halogens is 1. The maximum Gasteiger partial charge on any atom is 0.193 e. The Labute approximate surface area is 141 Å². The third kappa shape index (κ3) is 4.09. The van der Waals surface area contributed by atoms with Gasteiger partial charge >= 0.3 is 0 Å². The van der Waals surface area contributed by atoms with Crippen LogP contribution >= 0.6 is 11.6 Å². The highest BCUT2D eigenvalue weighted by molar-refractivity contribution is 6.30. The first kappa shape index (κ1) is 17.4. The van der Waals surface area contributed by atoms with E-state index in [-0.39, 0.29) is 18.1 Å². The highest BCUT2D eigenvalue weighted by Gasteiger charge is 2.20. The second-order valence-electron chi connectivity index (χ2n) is 5.90. The Hall–Kier alpha value is -1.91. The molecule has 0 saturated carbocycles. The first-order valence-electron chi connectivity index (χ1n) is 7.46. The summed E-state index contributed by atoms with van der Waals surface area (Å²) in [5.74, 6) is -0.0422. The van der Waals surface area contributed by atoms with E-state index in [4.69, 9.17) is 11.6 Å². The van der Waals surface area contributed by atoms with Crippen LogP contribution in [0.1, 0.15) is 44.6 Å². The van der Waals surface area contributed by atoms with Gasteiger partial charge < -0.3 is 4.98 Å². The molecular formula is C18H21ClN2O2. The Morgan fingerprint density at radius 1 is 1.17 bits per heavy atom. The van der Waals surface area contributed by atoms with Crippen molar-refractivity contribution < 1.29 is 9.59 Å². The Morgan fingerprint density at radius 3 is 2.30 bits per heavy atom. The summed E-state index contributed by atoms with van der Waals surface area (Å²) >= 11 is 5.87. The van der Waals surface area contributed by atoms with E-state index in [0.717, 1.165) is 16.8 Å². The van der Waals surface area contributed by atoms with Crippen LogP contribution in [-0.2, 0) is 6.54 Å². The van der Waals surface area contributed by atoms with Crippen LogP contribution < -0.4 is 0 Å². The van der Waals surface area contributed by atoms with Gasteiger partial charge in [-0.2, -0.15) is 0 Å². The van der Waals surface area contributed by atoms with Crippen molar-refractivity contribution in [2.45, 2.75) is 27.3 Å². The van der Waals surface area contributed by atoms with E-state index in [2.05, 4.69) is 4.98 Å². The van der Waals surface area contributed by atoms with Crippen LogP contribution in [0.2, 0.25) is 5.02 Å². The molecule has 23 heavy (non-hydrogen) atoms. The van der Waals surface area contributed by atoms with Gasteiger partial charge in [0, 0.05) is 22.8 Å². The van der Waals surface area contributed by atoms with E-state index < -0.39 is 0 Å². The lowest BCUT2D eigenvalue weighted by Crippen LogP contribution is -2.26. The smallest absolute Gasteiger partial charge is 0.193 e. The number of nitrogens with zero attached hydrogens (tertiary/aromatic N) is 1. The molecule has 1 aromatic carbocycles. The average Bonchev–Trinajstić information content (AvgIpc) is 2.76. The zero-order valence-electron chi connectivity index (χ0n) is 13.9. The third-order valence-electron chi connectivity index (χ3n) is 3.85. The van der Waals surface area contributed by atoms with Gasteiger partial charge in [0.25, 0.3) is 0 Å². The standard InChI is InChI=1S/C18H21ClN2O2/c1-11-17(13(3)22)12(2)20-18(11)16(23)10-21(4)9-14-5-7-15(19)8-6-14/h5-8,20H,9-10H2,1-4H3. The molecule has 0 unspecified atom stereocenters. The monoisotopic (exact) mass is 332 g/mol. The summed E-state index contributed by atoms with van der Waals surface area (Å²) in [5, 5.41) is 0.696. The van der Waals surface area contributed by atoms with Crippen molar-refractivity contribution >= 4 is 23.2 Å². The number of aryl methyl sites for hydroxylation is 1. The zero-order valence-corrected chi connectivity index (χ0v) is 14.6. The normalized spacial score (nSPS) is 11.0. The first-order chi connectivity index (χ1) is 10.8. The molecule has 0 radical (unpaired) electrons. The number of aromatic amines is 1. The largest absolute Gasteiger partial charge is 0.355 e. The molecule has 1 heterocycles. The van der Waals surface area contributed by atoms with Gasteiger partial charge in [0.2, 0.25) is 0 Å². The summed E-state index contributed by atoms with van der Waals surface area (Å²) in [4.78, 5) is 29.2. The van der Waals surface area contributed by atoms with Gasteiger partial charge in [-0.15, -0.1) is 0 Å². The van der Waals surface area contributed by atoms with Gasteiger partial charge in [0.05, 0.1) is 12.2 Å². The number of carbonyl (C=O) groups is 2. The van der Waals surface area contributed by atoms with Crippen molar-refractivity contribution in [2.24, 2.45) is 0 Å². The van der Waals surface area contributed by atoms with Gasteiger partial charge in [-0.1, -0.05) is 23.7 Å². The molecule has 0 bridgehead atoms. The van der Waals surface area contributed by atoms with Gasteiger partial charge in [-0.25, -0.2) is 0 Å². The summed E-state index contributed by atoms with van der Waals surface area (Å²) in [6.45, 7) is 6.08. The molecule has 4 nitrogen and oxygen atoms in total. The molecule has 0 fully saturated rings. The van der Waals surface area contributed by atoms with E-state index in [9.17, 15) is 9.59 Å². The average molecular weight is 333 g/mol. The number of likely N-dealkylation sites (N-methyl/N-ethyl adjacent to an activating group) is 1. The van der Waals surface area contributed by atoms with Crippen LogP contribution in [0.25, 0.3) is 0 Å². The lowest BCUT2D eigenvalue weighted by atomic mass is 10.1. The lowest BCUT2D eigenvalue weighted by molar-refractivity contribution is 0.0938. The number of H-pyrrole nitrogens is 1. The SMILES string of the molecule is CC(=O)c1c(C)[nH]c(C(=O)CN(C)Cc2ccc(Cl)cc2)c1C. The summed E-state index contributed by atoms with van der Waals surface area (Å²) < 4.78 is 0. The van der Waals surface area contributed by atoms with Crippen LogP contribution in [-0.4, -0.2) is 35.0 Å². The summed E-state index contributed by atoms with van der Waals surface area (Å²) in [7, 11) is 1.89. The predicted octanol–water partition coefficient (Wildman–Crippen LogP) is 3.80. The maximum absolute atomic E-state index is 12.5. The van der Waals surface area contributed by atoms with E-state index >= 15 is 0 Å². The molecule has 0 saturated heterocycles. The number of aromatic nitrogens is 1. The van der Waals surface area contributed by atoms with Crippen LogP contribution in [0.15, 0.2) is 24.3 Å². The van der Waals surface area contributed by atoms with Gasteiger partial charge in [-0.3, -0.25) is 14.5 Å². The minimum Gasteiger partial charge on any atom is -0.355 e. The highest BCUT2D eigenvalue weighted by Crippen LogP contribution is 2.19. The number of hydrogen-bond donors (Lipinski definition) is 1. The minimum absolute atomic E-state index is 0.0189.